The number of carbonyl (C=O) groups excluding carboxylic acids is 1. The SMILES string of the molecule is CCn1nc(C)c([C@@H](C)NC(=O)[C@@H]2CCCN(S(=O)(=O)c3cnn(C)c3)C2)c1C. The van der Waals surface area contributed by atoms with Crippen molar-refractivity contribution in [3.63, 3.8) is 0 Å². The Labute approximate surface area is 172 Å². The largest absolute Gasteiger partial charge is 0.349 e. The third kappa shape index (κ3) is 4.23. The van der Waals surface area contributed by atoms with Crippen LogP contribution in [0, 0.1) is 19.8 Å². The van der Waals surface area contributed by atoms with Crippen LogP contribution in [-0.4, -0.2) is 51.3 Å². The Hall–Kier alpha value is -2.20. The Kier molecular flexibility index (Phi) is 6.13. The van der Waals surface area contributed by atoms with Crippen molar-refractivity contribution in [2.24, 2.45) is 13.0 Å². The zero-order valence-corrected chi connectivity index (χ0v) is 18.5. The Morgan fingerprint density at radius 2 is 2.10 bits per heavy atom. The summed E-state index contributed by atoms with van der Waals surface area (Å²) in [5.74, 6) is -0.494. The molecule has 0 unspecified atom stereocenters. The van der Waals surface area contributed by atoms with Gasteiger partial charge in [-0.2, -0.15) is 14.5 Å². The molecule has 2 atom stereocenters. The lowest BCUT2D eigenvalue weighted by Crippen LogP contribution is -2.45. The standard InChI is InChI=1S/C19H30N6O3S/c1-6-25-15(4)18(14(3)22-25)13(2)21-19(26)16-8-7-9-24(11-16)29(27,28)17-10-20-23(5)12-17/h10,12-13,16H,6-9,11H2,1-5H3,(H,21,26)/t13-,16-/m1/s1. The Morgan fingerprint density at radius 1 is 1.38 bits per heavy atom. The van der Waals surface area contributed by atoms with Crippen molar-refractivity contribution < 1.29 is 13.2 Å². The molecule has 1 aliphatic heterocycles. The monoisotopic (exact) mass is 422 g/mol. The van der Waals surface area contributed by atoms with Crippen LogP contribution < -0.4 is 5.32 Å². The summed E-state index contributed by atoms with van der Waals surface area (Å²) in [4.78, 5) is 13.1. The predicted molar refractivity (Wildman–Crippen MR) is 109 cm³/mol. The van der Waals surface area contributed by atoms with Gasteiger partial charge in [0.25, 0.3) is 0 Å². The van der Waals surface area contributed by atoms with Crippen LogP contribution in [0.1, 0.15) is 49.7 Å². The first-order chi connectivity index (χ1) is 13.6. The lowest BCUT2D eigenvalue weighted by atomic mass is 9.97. The summed E-state index contributed by atoms with van der Waals surface area (Å²) in [6, 6.07) is -0.187. The summed E-state index contributed by atoms with van der Waals surface area (Å²) < 4.78 is 30.5. The third-order valence-corrected chi connectivity index (χ3v) is 7.42. The number of rotatable bonds is 6. The van der Waals surface area contributed by atoms with Gasteiger partial charge < -0.3 is 5.32 Å². The van der Waals surface area contributed by atoms with Gasteiger partial charge in [0.2, 0.25) is 15.9 Å². The highest BCUT2D eigenvalue weighted by atomic mass is 32.2. The predicted octanol–water partition coefficient (Wildman–Crippen LogP) is 1.53. The van der Waals surface area contributed by atoms with Gasteiger partial charge in [0, 0.05) is 44.1 Å². The first-order valence-electron chi connectivity index (χ1n) is 9.98. The zero-order valence-electron chi connectivity index (χ0n) is 17.7. The summed E-state index contributed by atoms with van der Waals surface area (Å²) in [7, 11) is -1.97. The van der Waals surface area contributed by atoms with Crippen LogP contribution >= 0.6 is 0 Å². The molecule has 0 aliphatic carbocycles. The van der Waals surface area contributed by atoms with Gasteiger partial charge in [0.05, 0.1) is 23.9 Å². The van der Waals surface area contributed by atoms with Crippen LogP contribution in [0.5, 0.6) is 0 Å². The Balaban J connectivity index is 1.71. The summed E-state index contributed by atoms with van der Waals surface area (Å²) >= 11 is 0. The molecule has 1 fully saturated rings. The van der Waals surface area contributed by atoms with E-state index in [4.69, 9.17) is 0 Å². The quantitative estimate of drug-likeness (QED) is 0.761. The average molecular weight is 423 g/mol. The minimum Gasteiger partial charge on any atom is -0.349 e. The van der Waals surface area contributed by atoms with E-state index in [0.717, 1.165) is 23.5 Å². The van der Waals surface area contributed by atoms with Crippen molar-refractivity contribution in [1.82, 2.24) is 29.2 Å². The zero-order chi connectivity index (χ0) is 21.3. The molecular formula is C19H30N6O3S. The van der Waals surface area contributed by atoms with E-state index in [1.807, 2.05) is 32.4 Å². The van der Waals surface area contributed by atoms with Gasteiger partial charge in [-0.3, -0.25) is 14.2 Å². The van der Waals surface area contributed by atoms with E-state index < -0.39 is 10.0 Å². The lowest BCUT2D eigenvalue weighted by Gasteiger charge is -2.31. The minimum absolute atomic E-state index is 0.119. The van der Waals surface area contributed by atoms with Crippen molar-refractivity contribution in [3.8, 4) is 0 Å². The molecule has 3 rings (SSSR count). The second-order valence-corrected chi connectivity index (χ2v) is 9.62. The van der Waals surface area contributed by atoms with Gasteiger partial charge in [-0.15, -0.1) is 0 Å². The molecule has 0 saturated carbocycles. The van der Waals surface area contributed by atoms with Crippen LogP contribution in [0.3, 0.4) is 0 Å². The van der Waals surface area contributed by atoms with Crippen molar-refractivity contribution in [1.29, 1.82) is 0 Å². The minimum atomic E-state index is -3.65. The maximum atomic E-state index is 12.9. The molecule has 1 amide bonds. The van der Waals surface area contributed by atoms with E-state index in [0.29, 0.717) is 19.4 Å². The lowest BCUT2D eigenvalue weighted by molar-refractivity contribution is -0.126. The highest BCUT2D eigenvalue weighted by molar-refractivity contribution is 7.89. The van der Waals surface area contributed by atoms with Crippen molar-refractivity contribution in [2.45, 2.75) is 58.0 Å². The number of nitrogens with zero attached hydrogens (tertiary/aromatic N) is 5. The fourth-order valence-electron chi connectivity index (χ4n) is 4.10. The van der Waals surface area contributed by atoms with Crippen LogP contribution in [0.15, 0.2) is 17.3 Å². The molecule has 1 saturated heterocycles. The number of piperidine rings is 1. The molecule has 29 heavy (non-hydrogen) atoms. The smallest absolute Gasteiger partial charge is 0.246 e. The highest BCUT2D eigenvalue weighted by Gasteiger charge is 2.34. The van der Waals surface area contributed by atoms with E-state index in [1.165, 1.54) is 21.4 Å². The fourth-order valence-corrected chi connectivity index (χ4v) is 5.61. The van der Waals surface area contributed by atoms with Crippen LogP contribution in [-0.2, 0) is 28.4 Å². The van der Waals surface area contributed by atoms with Crippen molar-refractivity contribution in [2.75, 3.05) is 13.1 Å². The first kappa shape index (κ1) is 21.5. The number of aromatic nitrogens is 4. The van der Waals surface area contributed by atoms with Gasteiger partial charge in [-0.1, -0.05) is 0 Å². The van der Waals surface area contributed by atoms with Crippen molar-refractivity contribution in [3.05, 3.63) is 29.3 Å². The number of hydrogen-bond acceptors (Lipinski definition) is 5. The maximum Gasteiger partial charge on any atom is 0.246 e. The van der Waals surface area contributed by atoms with Crippen LogP contribution in [0.2, 0.25) is 0 Å². The van der Waals surface area contributed by atoms with Gasteiger partial charge in [0.1, 0.15) is 4.90 Å². The molecule has 0 aromatic carbocycles. The molecule has 0 radical (unpaired) electrons. The summed E-state index contributed by atoms with van der Waals surface area (Å²) in [6.07, 6.45) is 4.15. The number of carbonyl (C=O) groups is 1. The highest BCUT2D eigenvalue weighted by Crippen LogP contribution is 2.26. The molecule has 1 N–H and O–H groups in total. The van der Waals surface area contributed by atoms with Gasteiger partial charge in [-0.25, -0.2) is 8.42 Å². The van der Waals surface area contributed by atoms with Gasteiger partial charge >= 0.3 is 0 Å². The van der Waals surface area contributed by atoms with E-state index >= 15 is 0 Å². The summed E-state index contributed by atoms with van der Waals surface area (Å²) in [6.45, 7) is 9.30. The third-order valence-electron chi connectivity index (χ3n) is 5.60. The fraction of sp³-hybridized carbons (Fsp3) is 0.632. The summed E-state index contributed by atoms with van der Waals surface area (Å²) in [5, 5.41) is 11.5. The summed E-state index contributed by atoms with van der Waals surface area (Å²) in [5.41, 5.74) is 2.97. The molecule has 9 nitrogen and oxygen atoms in total. The van der Waals surface area contributed by atoms with Crippen molar-refractivity contribution >= 4 is 15.9 Å². The van der Waals surface area contributed by atoms with Gasteiger partial charge in [-0.05, 0) is 40.5 Å². The van der Waals surface area contributed by atoms with Gasteiger partial charge in [0.15, 0.2) is 0 Å². The number of aryl methyl sites for hydroxylation is 3. The number of nitrogens with one attached hydrogen (secondary N) is 1. The number of sulfonamides is 1. The second-order valence-electron chi connectivity index (χ2n) is 7.68. The molecule has 10 heteroatoms. The molecule has 1 aliphatic rings. The molecule has 0 spiro atoms. The molecular weight excluding hydrogens is 392 g/mol. The van der Waals surface area contributed by atoms with E-state index in [2.05, 4.69) is 15.5 Å². The molecule has 3 heterocycles. The van der Waals surface area contributed by atoms with Crippen LogP contribution in [0.25, 0.3) is 0 Å². The Morgan fingerprint density at radius 3 is 2.69 bits per heavy atom. The number of hydrogen-bond donors (Lipinski definition) is 1. The topological polar surface area (TPSA) is 102 Å². The maximum absolute atomic E-state index is 12.9. The van der Waals surface area contributed by atoms with E-state index in [-0.39, 0.29) is 29.3 Å². The van der Waals surface area contributed by atoms with Crippen LogP contribution in [0.4, 0.5) is 0 Å². The molecule has 0 bridgehead atoms. The van der Waals surface area contributed by atoms with E-state index in [9.17, 15) is 13.2 Å². The molecule has 160 valence electrons. The molecule has 2 aromatic rings. The first-order valence-corrected chi connectivity index (χ1v) is 11.4. The molecule has 2 aromatic heterocycles. The average Bonchev–Trinajstić information content (AvgIpc) is 3.24. The normalized spacial score (nSPS) is 19.3. The Bertz CT molecular complexity index is 994. The van der Waals surface area contributed by atoms with E-state index in [1.54, 1.807) is 7.05 Å². The number of amides is 1. The second kappa shape index (κ2) is 8.27.